The van der Waals surface area contributed by atoms with Gasteiger partial charge in [-0.15, -0.1) is 11.3 Å². The van der Waals surface area contributed by atoms with Gasteiger partial charge < -0.3 is 34.4 Å². The molecule has 306 valence electrons. The van der Waals surface area contributed by atoms with Crippen LogP contribution >= 0.6 is 11.3 Å². The molecule has 56 heavy (non-hydrogen) atoms. The molecular formula is C41H58FN7O6S. The molecule has 6 rings (SSSR count). The fourth-order valence-corrected chi connectivity index (χ4v) is 8.98. The average Bonchev–Trinajstić information content (AvgIpc) is 3.88. The lowest BCUT2D eigenvalue weighted by Crippen LogP contribution is -2.57. The highest BCUT2D eigenvalue weighted by atomic mass is 32.1. The third kappa shape index (κ3) is 9.54. The quantitative estimate of drug-likeness (QED) is 0.253. The maximum atomic E-state index is 16.0. The van der Waals surface area contributed by atoms with E-state index in [2.05, 4.69) is 32.2 Å². The molecule has 3 saturated heterocycles. The molecule has 3 fully saturated rings. The molecule has 0 aliphatic carbocycles. The topological polar surface area (TPSA) is 145 Å². The normalized spacial score (nSPS) is 23.0. The van der Waals surface area contributed by atoms with Crippen LogP contribution in [-0.4, -0.2) is 123 Å². The highest BCUT2D eigenvalue weighted by molar-refractivity contribution is 7.13. The van der Waals surface area contributed by atoms with Crippen molar-refractivity contribution in [1.29, 1.82) is 0 Å². The van der Waals surface area contributed by atoms with Gasteiger partial charge in [0.05, 0.1) is 28.2 Å². The minimum Gasteiger partial charge on any atom is -0.444 e. The summed E-state index contributed by atoms with van der Waals surface area (Å²) in [6.45, 7) is 18.1. The van der Waals surface area contributed by atoms with Gasteiger partial charge in [-0.2, -0.15) is 0 Å². The molecule has 2 N–H and O–H groups in total. The van der Waals surface area contributed by atoms with Gasteiger partial charge in [0.25, 0.3) is 0 Å². The van der Waals surface area contributed by atoms with Crippen LogP contribution in [0, 0.1) is 12.8 Å². The first-order chi connectivity index (χ1) is 26.4. The van der Waals surface area contributed by atoms with Crippen molar-refractivity contribution in [2.75, 3.05) is 50.7 Å². The summed E-state index contributed by atoms with van der Waals surface area (Å²) in [5, 5.41) is 18.2. The number of likely N-dealkylation sites (tertiary alicyclic amines) is 2. The van der Waals surface area contributed by atoms with Crippen molar-refractivity contribution < 1.29 is 33.1 Å². The molecule has 3 aliphatic heterocycles. The third-order valence-corrected chi connectivity index (χ3v) is 12.2. The van der Waals surface area contributed by atoms with E-state index in [1.807, 2.05) is 78.2 Å². The van der Waals surface area contributed by atoms with E-state index in [-0.39, 0.29) is 62.2 Å². The molecule has 2 aromatic heterocycles. The van der Waals surface area contributed by atoms with Crippen molar-refractivity contribution in [1.82, 2.24) is 30.2 Å². The summed E-state index contributed by atoms with van der Waals surface area (Å²) in [4.78, 5) is 53.2. The molecule has 2 unspecified atom stereocenters. The largest absolute Gasteiger partial charge is 0.444 e. The molecule has 0 saturated carbocycles. The van der Waals surface area contributed by atoms with Crippen molar-refractivity contribution in [2.24, 2.45) is 5.92 Å². The lowest BCUT2D eigenvalue weighted by molar-refractivity contribution is -0.141. The smallest absolute Gasteiger partial charge is 0.410 e. The molecule has 0 bridgehead atoms. The van der Waals surface area contributed by atoms with Crippen LogP contribution in [0.4, 0.5) is 15.0 Å². The fraction of sp³-hybridized carbons (Fsp3) is 0.634. The van der Waals surface area contributed by atoms with Crippen LogP contribution < -0.4 is 10.2 Å². The molecule has 3 aliphatic rings. The molecule has 13 nitrogen and oxygen atoms in total. The second-order valence-electron chi connectivity index (χ2n) is 17.2. The minimum atomic E-state index is -1.39. The third-order valence-electron chi connectivity index (χ3n) is 11.2. The summed E-state index contributed by atoms with van der Waals surface area (Å²) >= 11 is 1.59. The number of amides is 3. The number of thiazole rings is 1. The van der Waals surface area contributed by atoms with Gasteiger partial charge in [0.1, 0.15) is 23.2 Å². The van der Waals surface area contributed by atoms with Crippen molar-refractivity contribution in [3.05, 3.63) is 52.9 Å². The van der Waals surface area contributed by atoms with E-state index in [0.717, 1.165) is 21.7 Å². The molecule has 0 spiro atoms. The molecule has 3 amide bonds. The molecule has 5 heterocycles. The Morgan fingerprint density at radius 1 is 1.09 bits per heavy atom. The summed E-state index contributed by atoms with van der Waals surface area (Å²) in [7, 11) is 0. The number of anilines is 1. The molecule has 0 radical (unpaired) electrons. The summed E-state index contributed by atoms with van der Waals surface area (Å²) < 4.78 is 27.4. The van der Waals surface area contributed by atoms with Crippen molar-refractivity contribution >= 4 is 35.1 Å². The number of aliphatic hydroxyl groups is 1. The van der Waals surface area contributed by atoms with Gasteiger partial charge in [-0.3, -0.25) is 14.5 Å². The van der Waals surface area contributed by atoms with Gasteiger partial charge >= 0.3 is 6.09 Å². The maximum Gasteiger partial charge on any atom is 0.410 e. The van der Waals surface area contributed by atoms with E-state index >= 15 is 4.39 Å². The van der Waals surface area contributed by atoms with Crippen molar-refractivity contribution in [2.45, 2.75) is 116 Å². The number of nitrogens with zero attached hydrogens (tertiary/aromatic N) is 6. The second-order valence-corrected chi connectivity index (χ2v) is 18.1. The highest BCUT2D eigenvalue weighted by Crippen LogP contribution is 2.35. The van der Waals surface area contributed by atoms with E-state index in [4.69, 9.17) is 9.26 Å². The van der Waals surface area contributed by atoms with Crippen LogP contribution in [0.2, 0.25) is 0 Å². The van der Waals surface area contributed by atoms with E-state index in [1.165, 1.54) is 4.90 Å². The number of carbonyl (C=O) groups excluding carboxylic acids is 3. The van der Waals surface area contributed by atoms with E-state index in [9.17, 15) is 19.5 Å². The number of aryl methyl sites for hydroxylation is 1. The number of aliphatic hydroxyl groups excluding tert-OH is 1. The Hall–Kier alpha value is -4.08. The summed E-state index contributed by atoms with van der Waals surface area (Å²) in [6, 6.07) is 8.66. The van der Waals surface area contributed by atoms with Crippen LogP contribution in [0.15, 0.2) is 40.4 Å². The molecule has 3 aromatic rings. The first-order valence-corrected chi connectivity index (χ1v) is 20.7. The average molecular weight is 796 g/mol. The molecule has 1 aromatic carbocycles. The highest BCUT2D eigenvalue weighted by Gasteiger charge is 2.44. The lowest BCUT2D eigenvalue weighted by Gasteiger charge is -2.44. The van der Waals surface area contributed by atoms with E-state index < -0.39 is 35.4 Å². The van der Waals surface area contributed by atoms with Gasteiger partial charge in [0.2, 0.25) is 11.8 Å². The Labute approximate surface area is 333 Å². The zero-order chi connectivity index (χ0) is 40.5. The number of β-amino-alcohol motifs (C(OH)–C–C–N with tert-alkyl or cyclic N) is 1. The zero-order valence-electron chi connectivity index (χ0n) is 34.0. The number of aromatic nitrogens is 2. The first kappa shape index (κ1) is 41.6. The van der Waals surface area contributed by atoms with Crippen molar-refractivity contribution in [3.8, 4) is 10.4 Å². The molecular weight excluding hydrogens is 738 g/mol. The number of hydrogen-bond acceptors (Lipinski definition) is 11. The standard InChI is InChI=1S/C41H58FN7O6S/c1-25(2)35(38(52)49-22-31(50)19-32(49)37(51)44-27(4)29-9-11-30(12-10-29)36-28(5)43-24-56-36)33-20-34(45-55-33)48-18-17-46(21-26(48)3)23-41(42)13-15-47(16-14-41)39(53)54-40(6,7)8/h9-12,20,24-27,31-32,35,50H,13-19,21-23H2,1-8H3,(H,44,51)/t26-,27?,31+,32-,35?/m0/s1. The second kappa shape index (κ2) is 16.8. The number of ether oxygens (including phenoxy) is 1. The number of piperazine rings is 1. The number of benzene rings is 1. The van der Waals surface area contributed by atoms with E-state index in [0.29, 0.717) is 44.3 Å². The monoisotopic (exact) mass is 795 g/mol. The number of nitrogens with one attached hydrogen (secondary N) is 1. The number of carbonyl (C=O) groups is 3. The van der Waals surface area contributed by atoms with Gasteiger partial charge in [-0.1, -0.05) is 43.3 Å². The Bertz CT molecular complexity index is 1840. The summed E-state index contributed by atoms with van der Waals surface area (Å²) in [6.07, 6.45) is -0.567. The summed E-state index contributed by atoms with van der Waals surface area (Å²) in [5.74, 6) is -0.500. The number of rotatable bonds is 10. The van der Waals surface area contributed by atoms with Gasteiger partial charge in [0.15, 0.2) is 11.6 Å². The first-order valence-electron chi connectivity index (χ1n) is 19.8. The Morgan fingerprint density at radius 2 is 1.79 bits per heavy atom. The maximum absolute atomic E-state index is 16.0. The van der Waals surface area contributed by atoms with E-state index in [1.54, 1.807) is 22.3 Å². The van der Waals surface area contributed by atoms with Crippen LogP contribution in [-0.2, 0) is 14.3 Å². The van der Waals surface area contributed by atoms with Crippen LogP contribution in [0.3, 0.4) is 0 Å². The Balaban J connectivity index is 1.05. The van der Waals surface area contributed by atoms with Crippen LogP contribution in [0.25, 0.3) is 10.4 Å². The predicted octanol–water partition coefficient (Wildman–Crippen LogP) is 5.94. The number of piperidine rings is 1. The number of hydrogen-bond donors (Lipinski definition) is 2. The predicted molar refractivity (Wildman–Crippen MR) is 213 cm³/mol. The zero-order valence-corrected chi connectivity index (χ0v) is 34.8. The SMILES string of the molecule is Cc1ncsc1-c1ccc(C(C)NC(=O)[C@@H]2C[C@@H](O)CN2C(=O)C(c2cc(N3CCN(CC4(F)CCN(C(=O)OC(C)(C)C)CC4)C[C@@H]3C)no2)C(C)C)cc1. The van der Waals surface area contributed by atoms with Crippen molar-refractivity contribution in [3.63, 3.8) is 0 Å². The van der Waals surface area contributed by atoms with Gasteiger partial charge in [0, 0.05) is 77.2 Å². The van der Waals surface area contributed by atoms with Gasteiger partial charge in [-0.25, -0.2) is 14.2 Å². The van der Waals surface area contributed by atoms with Crippen LogP contribution in [0.1, 0.15) is 96.7 Å². The molecule has 15 heteroatoms. The van der Waals surface area contributed by atoms with Crippen LogP contribution in [0.5, 0.6) is 0 Å². The Morgan fingerprint density at radius 3 is 2.39 bits per heavy atom. The number of alkyl halides is 1. The van der Waals surface area contributed by atoms with Gasteiger partial charge in [-0.05, 0) is 58.6 Å². The Kier molecular flexibility index (Phi) is 12.5. The lowest BCUT2D eigenvalue weighted by atomic mass is 9.91. The summed E-state index contributed by atoms with van der Waals surface area (Å²) in [5.41, 5.74) is 2.80. The minimum absolute atomic E-state index is 0.00262. The fourth-order valence-electron chi connectivity index (χ4n) is 8.17. The number of halogens is 1. The molecule has 5 atom stereocenters.